The van der Waals surface area contributed by atoms with Crippen LogP contribution in [0.5, 0.6) is 0 Å². The Balaban J connectivity index is 1.38. The monoisotopic (exact) mass is 591 g/mol. The molecule has 0 unspecified atom stereocenters. The Bertz CT molecular complexity index is 2510. The molecule has 220 valence electrons. The summed E-state index contributed by atoms with van der Waals surface area (Å²) < 4.78 is 0. The quantitative estimate of drug-likeness (QED) is 0.108. The zero-order valence-corrected chi connectivity index (χ0v) is 25.9. The number of nitrogens with one attached hydrogen (secondary N) is 2. The lowest BCUT2D eigenvalue weighted by Crippen LogP contribution is -2.15. The highest BCUT2D eigenvalue weighted by Crippen LogP contribution is 2.53. The summed E-state index contributed by atoms with van der Waals surface area (Å²) in [6, 6.07) is 50.1. The molecule has 8 aromatic rings. The highest BCUT2D eigenvalue weighted by Gasteiger charge is 2.36. The van der Waals surface area contributed by atoms with Crippen molar-refractivity contribution in [1.82, 2.24) is 0 Å². The van der Waals surface area contributed by atoms with Crippen molar-refractivity contribution in [2.45, 2.75) is 19.3 Å². The Morgan fingerprint density at radius 3 is 1.50 bits per heavy atom. The number of nitrogen functional groups attached to an aromatic ring is 1. The third kappa shape index (κ3) is 3.92. The van der Waals surface area contributed by atoms with Gasteiger partial charge in [-0.2, -0.15) is 0 Å². The summed E-state index contributed by atoms with van der Waals surface area (Å²) in [7, 11) is 0. The third-order valence-corrected chi connectivity index (χ3v) is 9.94. The maximum Gasteiger partial charge on any atom is 0.0545 e. The number of hydrogen-bond acceptors (Lipinski definition) is 3. The fraction of sp³-hybridized carbons (Fsp3) is 0.0698. The van der Waals surface area contributed by atoms with E-state index in [1.807, 2.05) is 6.07 Å². The van der Waals surface area contributed by atoms with E-state index in [0.29, 0.717) is 0 Å². The van der Waals surface area contributed by atoms with Gasteiger partial charge < -0.3 is 16.4 Å². The molecule has 0 atom stereocenters. The van der Waals surface area contributed by atoms with Crippen LogP contribution >= 0.6 is 0 Å². The summed E-state index contributed by atoms with van der Waals surface area (Å²) in [5, 5.41) is 17.4. The van der Waals surface area contributed by atoms with Gasteiger partial charge in [-0.15, -0.1) is 0 Å². The summed E-state index contributed by atoms with van der Waals surface area (Å²) in [5.41, 5.74) is 16.5. The number of nitrogens with two attached hydrogens (primary N) is 1. The van der Waals surface area contributed by atoms with Crippen molar-refractivity contribution in [2.24, 2.45) is 0 Å². The van der Waals surface area contributed by atoms with Crippen LogP contribution in [0.3, 0.4) is 0 Å². The van der Waals surface area contributed by atoms with E-state index in [2.05, 4.69) is 158 Å². The maximum atomic E-state index is 6.35. The summed E-state index contributed by atoms with van der Waals surface area (Å²) in [5.74, 6) is 0. The second-order valence-corrected chi connectivity index (χ2v) is 13.0. The van der Waals surface area contributed by atoms with Gasteiger partial charge in [0.25, 0.3) is 0 Å². The minimum atomic E-state index is -0.195. The first-order chi connectivity index (χ1) is 22.5. The topological polar surface area (TPSA) is 50.1 Å². The van der Waals surface area contributed by atoms with Crippen LogP contribution in [0.25, 0.3) is 54.2 Å². The summed E-state index contributed by atoms with van der Waals surface area (Å²) in [6.07, 6.45) is 0. The van der Waals surface area contributed by atoms with E-state index in [4.69, 9.17) is 5.73 Å². The predicted octanol–water partition coefficient (Wildman–Crippen LogP) is 11.7. The zero-order chi connectivity index (χ0) is 31.0. The molecule has 46 heavy (non-hydrogen) atoms. The Kier molecular flexibility index (Phi) is 5.69. The second kappa shape index (κ2) is 9.85. The van der Waals surface area contributed by atoms with Crippen LogP contribution in [0.1, 0.15) is 25.0 Å². The van der Waals surface area contributed by atoms with Crippen LogP contribution in [-0.2, 0) is 5.41 Å². The molecule has 0 aromatic heterocycles. The van der Waals surface area contributed by atoms with E-state index in [-0.39, 0.29) is 5.41 Å². The lowest BCUT2D eigenvalue weighted by Gasteiger charge is -2.24. The van der Waals surface area contributed by atoms with Gasteiger partial charge in [-0.1, -0.05) is 117 Å². The van der Waals surface area contributed by atoms with Crippen LogP contribution in [-0.4, -0.2) is 0 Å². The molecular weight excluding hydrogens is 558 g/mol. The first-order valence-corrected chi connectivity index (χ1v) is 15.9. The highest BCUT2D eigenvalue weighted by molar-refractivity contribution is 6.23. The van der Waals surface area contributed by atoms with Gasteiger partial charge in [-0.3, -0.25) is 0 Å². The number of anilines is 5. The molecule has 0 saturated carbocycles. The van der Waals surface area contributed by atoms with Crippen molar-refractivity contribution in [1.29, 1.82) is 0 Å². The largest absolute Gasteiger partial charge is 0.399 e. The Morgan fingerprint density at radius 2 is 0.913 bits per heavy atom. The van der Waals surface area contributed by atoms with Gasteiger partial charge in [-0.05, 0) is 69.4 Å². The lowest BCUT2D eigenvalue weighted by molar-refractivity contribution is 0.661. The molecule has 0 spiro atoms. The van der Waals surface area contributed by atoms with Crippen molar-refractivity contribution < 1.29 is 0 Å². The van der Waals surface area contributed by atoms with Crippen molar-refractivity contribution in [3.63, 3.8) is 0 Å². The minimum absolute atomic E-state index is 0.195. The highest BCUT2D eigenvalue weighted by atomic mass is 14.9. The van der Waals surface area contributed by atoms with Crippen LogP contribution in [0.2, 0.25) is 0 Å². The average Bonchev–Trinajstić information content (AvgIpc) is 3.30. The molecule has 0 saturated heterocycles. The second-order valence-electron chi connectivity index (χ2n) is 13.0. The first-order valence-electron chi connectivity index (χ1n) is 15.9. The molecule has 3 heteroatoms. The van der Waals surface area contributed by atoms with Gasteiger partial charge in [-0.25, -0.2) is 0 Å². The van der Waals surface area contributed by atoms with Crippen LogP contribution < -0.4 is 16.4 Å². The van der Waals surface area contributed by atoms with Gasteiger partial charge in [0.2, 0.25) is 0 Å². The summed E-state index contributed by atoms with van der Waals surface area (Å²) in [4.78, 5) is 0. The molecule has 4 N–H and O–H groups in total. The molecule has 1 aliphatic rings. The number of benzene rings is 8. The van der Waals surface area contributed by atoms with E-state index in [9.17, 15) is 0 Å². The zero-order valence-electron chi connectivity index (χ0n) is 25.9. The van der Waals surface area contributed by atoms with Gasteiger partial charge in [0.1, 0.15) is 0 Å². The van der Waals surface area contributed by atoms with Crippen molar-refractivity contribution >= 4 is 71.5 Å². The van der Waals surface area contributed by atoms with Crippen molar-refractivity contribution in [3.8, 4) is 11.1 Å². The average molecular weight is 592 g/mol. The number of rotatable bonds is 4. The molecule has 1 aliphatic carbocycles. The van der Waals surface area contributed by atoms with E-state index in [1.165, 1.54) is 65.3 Å². The molecule has 8 aromatic carbocycles. The van der Waals surface area contributed by atoms with E-state index >= 15 is 0 Å². The Labute approximate surface area is 268 Å². The fourth-order valence-electron chi connectivity index (χ4n) is 7.63. The molecule has 0 fully saturated rings. The third-order valence-electron chi connectivity index (χ3n) is 9.94. The molecule has 0 amide bonds. The molecule has 0 aliphatic heterocycles. The fourth-order valence-corrected chi connectivity index (χ4v) is 7.63. The first kappa shape index (κ1) is 26.6. The molecule has 9 rings (SSSR count). The smallest absolute Gasteiger partial charge is 0.0545 e. The maximum absolute atomic E-state index is 6.35. The van der Waals surface area contributed by atoms with Gasteiger partial charge in [0.15, 0.2) is 0 Å². The van der Waals surface area contributed by atoms with Crippen LogP contribution in [0, 0.1) is 0 Å². The lowest BCUT2D eigenvalue weighted by atomic mass is 9.81. The van der Waals surface area contributed by atoms with Gasteiger partial charge in [0, 0.05) is 54.8 Å². The molecule has 0 radical (unpaired) electrons. The Morgan fingerprint density at radius 1 is 0.435 bits per heavy atom. The van der Waals surface area contributed by atoms with Crippen molar-refractivity contribution in [3.05, 3.63) is 151 Å². The van der Waals surface area contributed by atoms with E-state index in [1.54, 1.807) is 0 Å². The Hall–Kier alpha value is -5.80. The van der Waals surface area contributed by atoms with Crippen LogP contribution in [0.15, 0.2) is 140 Å². The summed E-state index contributed by atoms with van der Waals surface area (Å²) in [6.45, 7) is 4.63. The van der Waals surface area contributed by atoms with Crippen molar-refractivity contribution in [2.75, 3.05) is 16.4 Å². The molecule has 3 nitrogen and oxygen atoms in total. The summed E-state index contributed by atoms with van der Waals surface area (Å²) >= 11 is 0. The number of fused-ring (bicyclic) bond motifs is 7. The van der Waals surface area contributed by atoms with E-state index in [0.717, 1.165) is 28.4 Å². The molecule has 0 heterocycles. The number of hydrogen-bond donors (Lipinski definition) is 3. The SMILES string of the molecule is CC1(C)c2cc(N)ccc2-c2cc3c(Nc4cccc5ccccc45)c4ccccc4c(Nc4cccc5ccccc45)c3cc21. The van der Waals surface area contributed by atoms with E-state index < -0.39 is 0 Å². The van der Waals surface area contributed by atoms with Gasteiger partial charge in [0.05, 0.1) is 11.4 Å². The van der Waals surface area contributed by atoms with Gasteiger partial charge >= 0.3 is 0 Å². The molecule has 0 bridgehead atoms. The minimum Gasteiger partial charge on any atom is -0.399 e. The normalized spacial score (nSPS) is 13.3. The van der Waals surface area contributed by atoms with Crippen LogP contribution in [0.4, 0.5) is 28.4 Å². The predicted molar refractivity (Wildman–Crippen MR) is 198 cm³/mol. The molecular formula is C43H33N3. The standard InChI is InChI=1S/C43H33N3/c1-43(2)37-23-28(44)21-22-31(37)34-24-35-36(25-38(34)43)42(46-40-20-10-14-27-12-4-6-16-30(27)40)33-18-8-7-17-32(33)41(35)45-39-19-9-13-26-11-3-5-15-29(26)39/h3-25,45-46H,44H2,1-2H3.